The van der Waals surface area contributed by atoms with E-state index in [0.717, 1.165) is 18.7 Å². The molecule has 0 radical (unpaired) electrons. The van der Waals surface area contributed by atoms with Crippen molar-refractivity contribution in [2.75, 3.05) is 18.5 Å². The number of carbonyl (C=O) groups excluding carboxylic acids is 3. The largest absolute Gasteiger partial charge is 0.375 e. The number of nitrogens with zero attached hydrogens (tertiary/aromatic N) is 2. The lowest BCUT2D eigenvalue weighted by Crippen LogP contribution is -2.32. The molecule has 0 aliphatic carbocycles. The zero-order valence-corrected chi connectivity index (χ0v) is 14.1. The fraction of sp³-hybridized carbons (Fsp3) is 0.211. The molecule has 0 N–H and O–H groups in total. The topological polar surface area (TPSA) is 66.9 Å². The lowest BCUT2D eigenvalue weighted by molar-refractivity contribution is -0.0584. The predicted octanol–water partition coefficient (Wildman–Crippen LogP) is 2.90. The third-order valence-corrected chi connectivity index (χ3v) is 4.03. The van der Waals surface area contributed by atoms with Gasteiger partial charge in [-0.3, -0.25) is 9.59 Å². The molecule has 6 nitrogen and oxygen atoms in total. The number of amides is 2. The summed E-state index contributed by atoms with van der Waals surface area (Å²) in [5, 5.41) is 0.518. The number of rotatable bonds is 5. The number of carbonyl (C=O) groups is 3. The highest BCUT2D eigenvalue weighted by Gasteiger charge is 2.38. The highest BCUT2D eigenvalue weighted by molar-refractivity contribution is 6.21. The van der Waals surface area contributed by atoms with Gasteiger partial charge in [0.25, 0.3) is 11.8 Å². The first-order valence-electron chi connectivity index (χ1n) is 8.04. The summed E-state index contributed by atoms with van der Waals surface area (Å²) in [7, 11) is 1.97. The maximum atomic E-state index is 12.3. The molecule has 0 spiro atoms. The molecule has 6 heteroatoms. The Balaban J connectivity index is 1.73. The monoisotopic (exact) mass is 338 g/mol. The van der Waals surface area contributed by atoms with E-state index in [0.29, 0.717) is 5.06 Å². The van der Waals surface area contributed by atoms with E-state index in [-0.39, 0.29) is 16.7 Å². The minimum absolute atomic E-state index is 0.233. The second-order valence-electron chi connectivity index (χ2n) is 5.80. The Kier molecular flexibility index (Phi) is 4.52. The van der Waals surface area contributed by atoms with Crippen molar-refractivity contribution in [3.63, 3.8) is 0 Å². The predicted molar refractivity (Wildman–Crippen MR) is 92.4 cm³/mol. The fourth-order valence-electron chi connectivity index (χ4n) is 2.70. The third kappa shape index (κ3) is 3.10. The van der Waals surface area contributed by atoms with Crippen LogP contribution in [0.2, 0.25) is 0 Å². The molecule has 128 valence electrons. The van der Waals surface area contributed by atoms with Gasteiger partial charge in [-0.05, 0) is 42.8 Å². The van der Waals surface area contributed by atoms with E-state index in [9.17, 15) is 14.4 Å². The average molecular weight is 338 g/mol. The van der Waals surface area contributed by atoms with Gasteiger partial charge in [0.1, 0.15) is 0 Å². The zero-order valence-electron chi connectivity index (χ0n) is 14.1. The molecule has 3 rings (SSSR count). The van der Waals surface area contributed by atoms with Crippen molar-refractivity contribution in [1.82, 2.24) is 5.06 Å². The van der Waals surface area contributed by atoms with Crippen LogP contribution in [0, 0.1) is 0 Å². The van der Waals surface area contributed by atoms with Gasteiger partial charge in [0.15, 0.2) is 0 Å². The van der Waals surface area contributed by atoms with E-state index in [1.54, 1.807) is 36.4 Å². The van der Waals surface area contributed by atoms with Crippen LogP contribution in [0.4, 0.5) is 5.69 Å². The lowest BCUT2D eigenvalue weighted by Gasteiger charge is -2.18. The van der Waals surface area contributed by atoms with E-state index >= 15 is 0 Å². The number of hydrogen-bond donors (Lipinski definition) is 0. The Hall–Kier alpha value is -3.15. The Labute approximate surface area is 145 Å². The van der Waals surface area contributed by atoms with E-state index in [1.165, 1.54) is 12.1 Å². The average Bonchev–Trinajstić information content (AvgIpc) is 2.87. The van der Waals surface area contributed by atoms with Crippen LogP contribution in [-0.2, 0) is 4.84 Å². The molecule has 0 fully saturated rings. The first-order chi connectivity index (χ1) is 12.0. The van der Waals surface area contributed by atoms with Crippen molar-refractivity contribution in [2.45, 2.75) is 13.3 Å². The number of imide groups is 1. The first-order valence-corrected chi connectivity index (χ1v) is 8.04. The molecule has 25 heavy (non-hydrogen) atoms. The molecule has 1 heterocycles. The van der Waals surface area contributed by atoms with Crippen molar-refractivity contribution in [3.8, 4) is 0 Å². The molecule has 0 saturated carbocycles. The van der Waals surface area contributed by atoms with Crippen LogP contribution in [-0.4, -0.2) is 36.4 Å². The van der Waals surface area contributed by atoms with Crippen LogP contribution in [0.5, 0.6) is 0 Å². The van der Waals surface area contributed by atoms with Gasteiger partial charge in [-0.2, -0.15) is 0 Å². The molecule has 2 amide bonds. The number of benzene rings is 2. The summed E-state index contributed by atoms with van der Waals surface area (Å²) in [6, 6.07) is 13.2. The van der Waals surface area contributed by atoms with E-state index < -0.39 is 17.8 Å². The van der Waals surface area contributed by atoms with Gasteiger partial charge in [-0.1, -0.05) is 24.1 Å². The summed E-state index contributed by atoms with van der Waals surface area (Å²) < 4.78 is 0. The van der Waals surface area contributed by atoms with Crippen molar-refractivity contribution < 1.29 is 19.2 Å². The number of fused-ring (bicyclic) bond motifs is 1. The molecule has 0 saturated heterocycles. The van der Waals surface area contributed by atoms with Crippen LogP contribution < -0.4 is 4.90 Å². The first kappa shape index (κ1) is 16.7. The molecule has 0 unspecified atom stereocenters. The zero-order chi connectivity index (χ0) is 18.0. The number of hydrogen-bond acceptors (Lipinski definition) is 5. The summed E-state index contributed by atoms with van der Waals surface area (Å²) in [4.78, 5) is 43.8. The smallest absolute Gasteiger partial charge is 0.363 e. The van der Waals surface area contributed by atoms with Crippen molar-refractivity contribution in [2.24, 2.45) is 0 Å². The Morgan fingerprint density at radius 3 is 2.08 bits per heavy atom. The lowest BCUT2D eigenvalue weighted by atomic mass is 10.1. The van der Waals surface area contributed by atoms with Crippen molar-refractivity contribution in [3.05, 3.63) is 65.2 Å². The standard InChI is InChI=1S/C19H18N2O4/c1-3-12-20(2)14-10-8-13(9-11-14)19(24)25-21-17(22)15-6-4-5-7-16(15)18(21)23/h4-11H,3,12H2,1-2H3. The normalized spacial score (nSPS) is 13.0. The van der Waals surface area contributed by atoms with Crippen LogP contribution >= 0.6 is 0 Å². The van der Waals surface area contributed by atoms with Crippen LogP contribution in [0.1, 0.15) is 44.4 Å². The summed E-state index contributed by atoms with van der Waals surface area (Å²) in [5.41, 5.74) is 1.71. The Bertz CT molecular complexity index is 795. The highest BCUT2D eigenvalue weighted by atomic mass is 16.7. The summed E-state index contributed by atoms with van der Waals surface area (Å²) in [6.07, 6.45) is 1.01. The van der Waals surface area contributed by atoms with Gasteiger partial charge >= 0.3 is 5.97 Å². The number of anilines is 1. The van der Waals surface area contributed by atoms with Gasteiger partial charge < -0.3 is 9.74 Å². The summed E-state index contributed by atoms with van der Waals surface area (Å²) in [6.45, 7) is 2.99. The van der Waals surface area contributed by atoms with Gasteiger partial charge in [0, 0.05) is 19.3 Å². The molecule has 0 aromatic heterocycles. The van der Waals surface area contributed by atoms with E-state index in [2.05, 4.69) is 11.8 Å². The van der Waals surface area contributed by atoms with Crippen LogP contribution in [0.3, 0.4) is 0 Å². The maximum absolute atomic E-state index is 12.3. The molecule has 0 atom stereocenters. The molecule has 1 aliphatic heterocycles. The van der Waals surface area contributed by atoms with Crippen molar-refractivity contribution in [1.29, 1.82) is 0 Å². The molecule has 2 aromatic rings. The van der Waals surface area contributed by atoms with Gasteiger partial charge in [0.05, 0.1) is 16.7 Å². The second-order valence-corrected chi connectivity index (χ2v) is 5.80. The minimum atomic E-state index is -0.751. The fourth-order valence-corrected chi connectivity index (χ4v) is 2.70. The van der Waals surface area contributed by atoms with Gasteiger partial charge in [-0.25, -0.2) is 4.79 Å². The second kappa shape index (κ2) is 6.76. The SMILES string of the molecule is CCCN(C)c1ccc(C(=O)ON2C(=O)c3ccccc3C2=O)cc1. The van der Waals surface area contributed by atoms with Gasteiger partial charge in [0.2, 0.25) is 0 Å². The summed E-state index contributed by atoms with van der Waals surface area (Å²) >= 11 is 0. The molecule has 0 bridgehead atoms. The quantitative estimate of drug-likeness (QED) is 0.784. The van der Waals surface area contributed by atoms with Gasteiger partial charge in [-0.15, -0.1) is 0 Å². The van der Waals surface area contributed by atoms with E-state index in [1.807, 2.05) is 7.05 Å². The Morgan fingerprint density at radius 1 is 1.00 bits per heavy atom. The summed E-state index contributed by atoms with van der Waals surface area (Å²) in [5.74, 6) is -2.01. The van der Waals surface area contributed by atoms with E-state index in [4.69, 9.17) is 4.84 Å². The molecular formula is C19H18N2O4. The third-order valence-electron chi connectivity index (χ3n) is 4.03. The molecule has 1 aliphatic rings. The Morgan fingerprint density at radius 2 is 1.56 bits per heavy atom. The molecular weight excluding hydrogens is 320 g/mol. The van der Waals surface area contributed by atoms with Crippen LogP contribution in [0.25, 0.3) is 0 Å². The van der Waals surface area contributed by atoms with Crippen molar-refractivity contribution >= 4 is 23.5 Å². The van der Waals surface area contributed by atoms with Crippen LogP contribution in [0.15, 0.2) is 48.5 Å². The number of hydroxylamine groups is 2. The highest BCUT2D eigenvalue weighted by Crippen LogP contribution is 2.23. The molecule has 2 aromatic carbocycles. The minimum Gasteiger partial charge on any atom is -0.375 e. The maximum Gasteiger partial charge on any atom is 0.363 e.